The van der Waals surface area contributed by atoms with Crippen molar-refractivity contribution in [2.45, 2.75) is 23.5 Å². The minimum atomic E-state index is -0.906. The first-order valence-corrected chi connectivity index (χ1v) is 8.94. The van der Waals surface area contributed by atoms with E-state index in [1.165, 1.54) is 7.11 Å². The second kappa shape index (κ2) is 5.29. The van der Waals surface area contributed by atoms with E-state index in [9.17, 15) is 15.0 Å². The van der Waals surface area contributed by atoms with Gasteiger partial charge in [-0.05, 0) is 22.3 Å². The Morgan fingerprint density at radius 2 is 1.69 bits per heavy atom. The first-order valence-electron chi connectivity index (χ1n) is 8.94. The summed E-state index contributed by atoms with van der Waals surface area (Å²) in [5.74, 6) is -0.920. The molecule has 2 unspecified atom stereocenters. The van der Waals surface area contributed by atoms with Gasteiger partial charge in [-0.2, -0.15) is 0 Å². The number of hydrogen-bond donors (Lipinski definition) is 2. The van der Waals surface area contributed by atoms with Crippen LogP contribution in [0.3, 0.4) is 0 Å². The third-order valence-corrected chi connectivity index (χ3v) is 6.56. The van der Waals surface area contributed by atoms with Crippen molar-refractivity contribution < 1.29 is 19.7 Å². The van der Waals surface area contributed by atoms with E-state index in [4.69, 9.17) is 4.74 Å². The number of hydrogen-bond acceptors (Lipinski definition) is 4. The number of carbonyl (C=O) groups is 1. The molecule has 0 radical (unpaired) electrons. The lowest BCUT2D eigenvalue weighted by Crippen LogP contribution is -2.68. The first kappa shape index (κ1) is 15.8. The molecule has 4 heteroatoms. The van der Waals surface area contributed by atoms with E-state index in [0.29, 0.717) is 0 Å². The molecule has 1 saturated carbocycles. The van der Waals surface area contributed by atoms with Crippen LogP contribution in [0, 0.1) is 11.8 Å². The molecule has 3 aliphatic carbocycles. The SMILES string of the molecule is COC(=O)[C@]12c3ccccc3-c3ccccc3[C@H]1[C@H]1C(O)C(O)C=C[C@H]12. The smallest absolute Gasteiger partial charge is 0.317 e. The van der Waals surface area contributed by atoms with Crippen LogP contribution in [-0.4, -0.2) is 35.5 Å². The van der Waals surface area contributed by atoms with Crippen LogP contribution >= 0.6 is 0 Å². The number of carbonyl (C=O) groups excluding carboxylic acids is 1. The van der Waals surface area contributed by atoms with E-state index in [2.05, 4.69) is 6.07 Å². The third kappa shape index (κ3) is 1.64. The topological polar surface area (TPSA) is 66.8 Å². The van der Waals surface area contributed by atoms with E-state index in [-0.39, 0.29) is 23.7 Å². The number of fused-ring (bicyclic) bond motifs is 9. The summed E-state index contributed by atoms with van der Waals surface area (Å²) in [6.45, 7) is 0. The van der Waals surface area contributed by atoms with Crippen molar-refractivity contribution in [3.63, 3.8) is 0 Å². The maximum absolute atomic E-state index is 13.2. The number of ether oxygens (including phenoxy) is 1. The molecule has 1 fully saturated rings. The predicted molar refractivity (Wildman–Crippen MR) is 96.4 cm³/mol. The lowest BCUT2D eigenvalue weighted by molar-refractivity contribution is -0.171. The number of esters is 1. The van der Waals surface area contributed by atoms with E-state index >= 15 is 0 Å². The summed E-state index contributed by atoms with van der Waals surface area (Å²) in [6.07, 6.45) is 1.69. The van der Waals surface area contributed by atoms with Crippen molar-refractivity contribution in [1.82, 2.24) is 0 Å². The van der Waals surface area contributed by atoms with E-state index < -0.39 is 17.6 Å². The molecular formula is C22H20O4. The molecule has 0 amide bonds. The highest BCUT2D eigenvalue weighted by molar-refractivity contribution is 5.94. The van der Waals surface area contributed by atoms with Crippen molar-refractivity contribution >= 4 is 5.97 Å². The molecule has 2 N–H and O–H groups in total. The Hall–Kier alpha value is -2.43. The summed E-state index contributed by atoms with van der Waals surface area (Å²) in [4.78, 5) is 13.2. The van der Waals surface area contributed by atoms with Gasteiger partial charge in [0.2, 0.25) is 0 Å². The standard InChI is InChI=1S/C22H20O4/c1-26-21(25)22-15-9-5-4-7-13(15)12-6-2-3-8-14(12)19(22)18-16(22)10-11-17(23)20(18)24/h2-11,16-20,23-24H,1H3/t16-,17?,18+,19+,20?,22+/m1/s1. The van der Waals surface area contributed by atoms with Gasteiger partial charge in [-0.1, -0.05) is 60.7 Å². The van der Waals surface area contributed by atoms with Crippen LogP contribution in [0.2, 0.25) is 0 Å². The fourth-order valence-corrected chi connectivity index (χ4v) is 5.60. The summed E-state index contributed by atoms with van der Waals surface area (Å²) in [5.41, 5.74) is 3.26. The maximum Gasteiger partial charge on any atom is 0.317 e. The van der Waals surface area contributed by atoms with Gasteiger partial charge in [0.25, 0.3) is 0 Å². The molecule has 0 bridgehead atoms. The van der Waals surface area contributed by atoms with Gasteiger partial charge < -0.3 is 14.9 Å². The molecule has 0 aliphatic heterocycles. The molecule has 6 atom stereocenters. The van der Waals surface area contributed by atoms with Crippen molar-refractivity contribution in [3.8, 4) is 11.1 Å². The van der Waals surface area contributed by atoms with Crippen molar-refractivity contribution in [1.29, 1.82) is 0 Å². The third-order valence-electron chi connectivity index (χ3n) is 6.56. The summed E-state index contributed by atoms with van der Waals surface area (Å²) >= 11 is 0. The zero-order valence-electron chi connectivity index (χ0n) is 14.4. The summed E-state index contributed by atoms with van der Waals surface area (Å²) in [7, 11) is 1.42. The minimum absolute atomic E-state index is 0.201. The largest absolute Gasteiger partial charge is 0.468 e. The Morgan fingerprint density at radius 1 is 1.00 bits per heavy atom. The number of aliphatic hydroxyl groups excluding tert-OH is 2. The summed E-state index contributed by atoms with van der Waals surface area (Å²) in [6, 6.07) is 16.0. The molecule has 0 heterocycles. The highest BCUT2D eigenvalue weighted by Crippen LogP contribution is 2.69. The first-order chi connectivity index (χ1) is 12.6. The Kier molecular flexibility index (Phi) is 3.21. The van der Waals surface area contributed by atoms with Crippen molar-refractivity contribution in [2.24, 2.45) is 11.8 Å². The Labute approximate surface area is 151 Å². The van der Waals surface area contributed by atoms with Gasteiger partial charge in [0.1, 0.15) is 5.41 Å². The average Bonchev–Trinajstić information content (AvgIpc) is 2.66. The molecule has 4 nitrogen and oxygen atoms in total. The zero-order valence-corrected chi connectivity index (χ0v) is 14.4. The van der Waals surface area contributed by atoms with Gasteiger partial charge in [0.05, 0.1) is 19.3 Å². The lowest BCUT2D eigenvalue weighted by Gasteiger charge is -2.64. The van der Waals surface area contributed by atoms with E-state index in [1.54, 1.807) is 6.08 Å². The van der Waals surface area contributed by atoms with Crippen LogP contribution in [0.5, 0.6) is 0 Å². The highest BCUT2D eigenvalue weighted by Gasteiger charge is 2.71. The average molecular weight is 348 g/mol. The molecule has 132 valence electrons. The highest BCUT2D eigenvalue weighted by atomic mass is 16.5. The maximum atomic E-state index is 13.2. The molecule has 3 aliphatic rings. The second-order valence-electron chi connectivity index (χ2n) is 7.44. The molecule has 0 aromatic heterocycles. The van der Waals surface area contributed by atoms with Crippen LogP contribution < -0.4 is 0 Å². The molecule has 5 rings (SSSR count). The minimum Gasteiger partial charge on any atom is -0.468 e. The fraction of sp³-hybridized carbons (Fsp3) is 0.318. The Morgan fingerprint density at radius 3 is 2.46 bits per heavy atom. The Balaban J connectivity index is 1.85. The van der Waals surface area contributed by atoms with Gasteiger partial charge in [0.15, 0.2) is 0 Å². The second-order valence-corrected chi connectivity index (χ2v) is 7.44. The molecule has 2 aromatic rings. The predicted octanol–water partition coefficient (Wildman–Crippen LogP) is 2.40. The zero-order chi connectivity index (χ0) is 18.1. The van der Waals surface area contributed by atoms with Crippen LogP contribution in [0.15, 0.2) is 60.7 Å². The molecule has 0 spiro atoms. The van der Waals surface area contributed by atoms with Crippen LogP contribution in [0.1, 0.15) is 17.0 Å². The molecule has 26 heavy (non-hydrogen) atoms. The number of benzene rings is 2. The van der Waals surface area contributed by atoms with Gasteiger partial charge in [-0.15, -0.1) is 0 Å². The monoisotopic (exact) mass is 348 g/mol. The summed E-state index contributed by atoms with van der Waals surface area (Å²) in [5, 5.41) is 20.9. The van der Waals surface area contributed by atoms with E-state index in [0.717, 1.165) is 22.3 Å². The van der Waals surface area contributed by atoms with Crippen molar-refractivity contribution in [3.05, 3.63) is 71.8 Å². The number of aliphatic hydroxyl groups is 2. The van der Waals surface area contributed by atoms with Crippen LogP contribution in [0.25, 0.3) is 11.1 Å². The van der Waals surface area contributed by atoms with Crippen LogP contribution in [-0.2, 0) is 14.9 Å². The molecular weight excluding hydrogens is 328 g/mol. The number of allylic oxidation sites excluding steroid dienone is 1. The molecule has 0 saturated heterocycles. The lowest BCUT2D eigenvalue weighted by atomic mass is 9.38. The normalized spacial score (nSPS) is 36.0. The van der Waals surface area contributed by atoms with Crippen LogP contribution in [0.4, 0.5) is 0 Å². The van der Waals surface area contributed by atoms with E-state index in [1.807, 2.05) is 48.5 Å². The van der Waals surface area contributed by atoms with Gasteiger partial charge in [0, 0.05) is 17.8 Å². The number of methoxy groups -OCH3 is 1. The summed E-state index contributed by atoms with van der Waals surface area (Å²) < 4.78 is 5.28. The quantitative estimate of drug-likeness (QED) is 0.613. The number of rotatable bonds is 1. The van der Waals surface area contributed by atoms with Gasteiger partial charge >= 0.3 is 5.97 Å². The van der Waals surface area contributed by atoms with Crippen molar-refractivity contribution in [2.75, 3.05) is 7.11 Å². The Bertz CT molecular complexity index is 933. The van der Waals surface area contributed by atoms with Gasteiger partial charge in [-0.25, -0.2) is 0 Å². The molecule has 2 aromatic carbocycles. The fourth-order valence-electron chi connectivity index (χ4n) is 5.60. The van der Waals surface area contributed by atoms with Gasteiger partial charge in [-0.3, -0.25) is 4.79 Å².